The lowest BCUT2D eigenvalue weighted by atomic mass is 9.78. The molecule has 0 spiro atoms. The normalized spacial score (nSPS) is 21.8. The Kier molecular flexibility index (Phi) is 4.51. The van der Waals surface area contributed by atoms with Crippen molar-refractivity contribution in [1.29, 1.82) is 5.41 Å². The molecule has 23 heavy (non-hydrogen) atoms. The Bertz CT molecular complexity index is 761. The molecule has 3 nitrogen and oxygen atoms in total. The maximum Gasteiger partial charge on any atom is 0.228 e. The number of piperidine rings is 1. The van der Waals surface area contributed by atoms with Crippen molar-refractivity contribution in [1.82, 2.24) is 4.90 Å². The lowest BCUT2D eigenvalue weighted by Gasteiger charge is -2.36. The van der Waals surface area contributed by atoms with Crippen LogP contribution in [0.3, 0.4) is 0 Å². The Hall–Kier alpha value is -0.980. The number of nitrogens with one attached hydrogen (secondary N) is 1. The second-order valence-corrected chi connectivity index (χ2v) is 8.91. The molecule has 1 aromatic heterocycles. The standard InChI is InChI=1S/C17H16Br2N2OS/c1-17(7-15(20)21(2)16(22)8-17)14-5-11(9-23-14)10-3-12(18)6-13(19)4-10/h3-6,9,20H,7-8H2,1-2H3/t17-/m0/s1. The summed E-state index contributed by atoms with van der Waals surface area (Å²) in [5.41, 5.74) is 1.99. The molecule has 1 saturated heterocycles. The summed E-state index contributed by atoms with van der Waals surface area (Å²) in [4.78, 5) is 14.8. The van der Waals surface area contributed by atoms with E-state index in [0.717, 1.165) is 24.9 Å². The van der Waals surface area contributed by atoms with Gasteiger partial charge < -0.3 is 4.90 Å². The second-order valence-electron chi connectivity index (χ2n) is 6.17. The van der Waals surface area contributed by atoms with Crippen molar-refractivity contribution in [2.45, 2.75) is 25.2 Å². The zero-order valence-corrected chi connectivity index (χ0v) is 16.8. The Morgan fingerprint density at radius 3 is 2.39 bits per heavy atom. The fraction of sp³-hybridized carbons (Fsp3) is 0.294. The number of rotatable bonds is 2. The first kappa shape index (κ1) is 16.9. The number of thiophene rings is 1. The minimum absolute atomic E-state index is 0.0175. The summed E-state index contributed by atoms with van der Waals surface area (Å²) in [6.45, 7) is 2.08. The van der Waals surface area contributed by atoms with E-state index in [2.05, 4.69) is 62.4 Å². The molecule has 0 saturated carbocycles. The van der Waals surface area contributed by atoms with Crippen LogP contribution in [0.15, 0.2) is 38.6 Å². The first-order valence-electron chi connectivity index (χ1n) is 7.18. The highest BCUT2D eigenvalue weighted by Gasteiger charge is 2.39. The number of halogens is 2. The molecule has 0 aliphatic carbocycles. The van der Waals surface area contributed by atoms with Crippen molar-refractivity contribution in [2.24, 2.45) is 0 Å². The zero-order chi connectivity index (χ0) is 16.8. The largest absolute Gasteiger partial charge is 0.304 e. The number of carbonyl (C=O) groups is 1. The van der Waals surface area contributed by atoms with Crippen molar-refractivity contribution in [3.8, 4) is 11.1 Å². The Balaban J connectivity index is 1.95. The van der Waals surface area contributed by atoms with Gasteiger partial charge in [-0.25, -0.2) is 0 Å². The summed E-state index contributed by atoms with van der Waals surface area (Å²) in [6, 6.07) is 8.33. The van der Waals surface area contributed by atoms with E-state index in [-0.39, 0.29) is 11.3 Å². The van der Waals surface area contributed by atoms with Gasteiger partial charge >= 0.3 is 0 Å². The van der Waals surface area contributed by atoms with E-state index in [9.17, 15) is 4.79 Å². The van der Waals surface area contributed by atoms with Crippen LogP contribution in [-0.2, 0) is 10.2 Å². The maximum atomic E-state index is 12.1. The highest BCUT2D eigenvalue weighted by Crippen LogP contribution is 2.41. The number of nitrogens with zero attached hydrogens (tertiary/aromatic N) is 1. The summed E-state index contributed by atoms with van der Waals surface area (Å²) in [5, 5.41) is 10.2. The minimum atomic E-state index is -0.285. The molecule has 1 atom stereocenters. The van der Waals surface area contributed by atoms with Crippen molar-refractivity contribution in [2.75, 3.05) is 7.05 Å². The van der Waals surface area contributed by atoms with E-state index < -0.39 is 0 Å². The number of amidine groups is 1. The van der Waals surface area contributed by atoms with Gasteiger partial charge in [0.1, 0.15) is 5.84 Å². The topological polar surface area (TPSA) is 44.2 Å². The molecule has 1 aliphatic heterocycles. The van der Waals surface area contributed by atoms with Gasteiger partial charge in [-0.3, -0.25) is 10.2 Å². The van der Waals surface area contributed by atoms with Gasteiger partial charge in [-0.2, -0.15) is 0 Å². The van der Waals surface area contributed by atoms with Gasteiger partial charge in [0.05, 0.1) is 0 Å². The fourth-order valence-corrected chi connectivity index (χ4v) is 5.23. The molecular formula is C17H16Br2N2OS. The van der Waals surface area contributed by atoms with Crippen molar-refractivity contribution in [3.63, 3.8) is 0 Å². The first-order chi connectivity index (χ1) is 10.8. The van der Waals surface area contributed by atoms with Crippen LogP contribution in [0.5, 0.6) is 0 Å². The molecular weight excluding hydrogens is 440 g/mol. The molecule has 0 bridgehead atoms. The predicted octanol–water partition coefficient (Wildman–Crippen LogP) is 5.43. The third-order valence-corrected chi connectivity index (χ3v) is 6.42. The average molecular weight is 456 g/mol. The van der Waals surface area contributed by atoms with Crippen LogP contribution in [0.4, 0.5) is 0 Å². The lowest BCUT2D eigenvalue weighted by molar-refractivity contribution is -0.128. The van der Waals surface area contributed by atoms with Gasteiger partial charge in [-0.05, 0) is 40.8 Å². The highest BCUT2D eigenvalue weighted by atomic mass is 79.9. The average Bonchev–Trinajstić information content (AvgIpc) is 2.94. The highest BCUT2D eigenvalue weighted by molar-refractivity contribution is 9.11. The fourth-order valence-electron chi connectivity index (χ4n) is 2.85. The Labute approximate surface area is 156 Å². The maximum absolute atomic E-state index is 12.1. The number of carbonyl (C=O) groups excluding carboxylic acids is 1. The molecule has 6 heteroatoms. The van der Waals surface area contributed by atoms with Crippen molar-refractivity contribution >= 4 is 54.9 Å². The third-order valence-electron chi connectivity index (χ3n) is 4.27. The van der Waals surface area contributed by atoms with E-state index >= 15 is 0 Å². The smallest absolute Gasteiger partial charge is 0.228 e. The van der Waals surface area contributed by atoms with Gasteiger partial charge in [0.25, 0.3) is 0 Å². The molecule has 1 fully saturated rings. The molecule has 2 aromatic rings. The van der Waals surface area contributed by atoms with Gasteiger partial charge in [0.2, 0.25) is 5.91 Å². The van der Waals surface area contributed by atoms with Crippen molar-refractivity contribution < 1.29 is 4.79 Å². The Morgan fingerprint density at radius 2 is 1.78 bits per heavy atom. The number of likely N-dealkylation sites (tertiary alicyclic amines) is 1. The zero-order valence-electron chi connectivity index (χ0n) is 12.8. The van der Waals surface area contributed by atoms with Crippen LogP contribution < -0.4 is 0 Å². The lowest BCUT2D eigenvalue weighted by Crippen LogP contribution is -2.46. The Morgan fingerprint density at radius 1 is 1.13 bits per heavy atom. The summed E-state index contributed by atoms with van der Waals surface area (Å²) >= 11 is 8.71. The van der Waals surface area contributed by atoms with Crippen LogP contribution >= 0.6 is 43.2 Å². The number of hydrogen-bond acceptors (Lipinski definition) is 3. The molecule has 3 rings (SSSR count). The number of hydrogen-bond donors (Lipinski definition) is 1. The monoisotopic (exact) mass is 454 g/mol. The first-order valence-corrected chi connectivity index (χ1v) is 9.64. The molecule has 1 amide bonds. The molecule has 2 heterocycles. The second kappa shape index (κ2) is 6.15. The van der Waals surface area contributed by atoms with Gasteiger partial charge in [0.15, 0.2) is 0 Å². The van der Waals surface area contributed by atoms with Gasteiger partial charge in [-0.1, -0.05) is 38.8 Å². The minimum Gasteiger partial charge on any atom is -0.304 e. The van der Waals surface area contributed by atoms with Gasteiger partial charge in [0, 0.05) is 39.1 Å². The van der Waals surface area contributed by atoms with Gasteiger partial charge in [-0.15, -0.1) is 11.3 Å². The van der Waals surface area contributed by atoms with Crippen LogP contribution in [0.1, 0.15) is 24.6 Å². The van der Waals surface area contributed by atoms with E-state index in [1.807, 2.05) is 6.07 Å². The molecule has 1 aliphatic rings. The summed E-state index contributed by atoms with van der Waals surface area (Å²) in [7, 11) is 1.68. The summed E-state index contributed by atoms with van der Waals surface area (Å²) < 4.78 is 2.05. The molecule has 0 unspecified atom stereocenters. The van der Waals surface area contributed by atoms with E-state index in [0.29, 0.717) is 18.7 Å². The molecule has 120 valence electrons. The molecule has 1 N–H and O–H groups in total. The molecule has 0 radical (unpaired) electrons. The van der Waals surface area contributed by atoms with E-state index in [4.69, 9.17) is 5.41 Å². The van der Waals surface area contributed by atoms with E-state index in [1.54, 1.807) is 18.4 Å². The molecule has 1 aromatic carbocycles. The predicted molar refractivity (Wildman–Crippen MR) is 102 cm³/mol. The van der Waals surface area contributed by atoms with Crippen LogP contribution in [0.2, 0.25) is 0 Å². The quantitative estimate of drug-likeness (QED) is 0.644. The van der Waals surface area contributed by atoms with E-state index in [1.165, 1.54) is 4.90 Å². The number of benzene rings is 1. The summed E-state index contributed by atoms with van der Waals surface area (Å²) in [6.07, 6.45) is 1.05. The van der Waals surface area contributed by atoms with Crippen LogP contribution in [0.25, 0.3) is 11.1 Å². The summed E-state index contributed by atoms with van der Waals surface area (Å²) in [5.74, 6) is 0.410. The SMILES string of the molecule is CN1C(=N)C[C@](C)(c2cc(-c3cc(Br)cc(Br)c3)cs2)CC1=O. The van der Waals surface area contributed by atoms with Crippen LogP contribution in [-0.4, -0.2) is 23.7 Å². The third kappa shape index (κ3) is 3.30. The van der Waals surface area contributed by atoms with Crippen LogP contribution in [0, 0.1) is 5.41 Å². The van der Waals surface area contributed by atoms with Crippen molar-refractivity contribution in [3.05, 3.63) is 43.5 Å². The number of amides is 1.